The molecule has 1 saturated heterocycles. The Hall–Kier alpha value is -3.28. The Labute approximate surface area is 232 Å². The number of halogens is 3. The van der Waals surface area contributed by atoms with Crippen molar-refractivity contribution in [3.63, 3.8) is 0 Å². The number of benzene rings is 1. The molecule has 3 aliphatic rings. The molecule has 1 aromatic carbocycles. The van der Waals surface area contributed by atoms with Gasteiger partial charge in [-0.3, -0.25) is 0 Å². The standard InChI is InChI=1S/C26H32F3N7O2.C2H6/c1-24(2)14-35(3)19-20(37-15-24)23-33-32-22(16-5-4-6-18(11-16)38-26(27,28)29)36(23)34-21(19)31-17-12-25(13-17)7-9-30-10-8-25;1-2/h4-6,11,17,30H,7-10,12-15H2,1-3H3,(H,31,34);1-2H3. The molecule has 2 aromatic heterocycles. The van der Waals surface area contributed by atoms with Crippen LogP contribution in [0.25, 0.3) is 17.0 Å². The number of hydrogen-bond donors (Lipinski definition) is 2. The normalized spacial score (nSPS) is 20.1. The van der Waals surface area contributed by atoms with Crippen molar-refractivity contribution in [3.05, 3.63) is 24.3 Å². The third kappa shape index (κ3) is 5.63. The lowest BCUT2D eigenvalue weighted by atomic mass is 9.60. The average molecular weight is 562 g/mol. The van der Waals surface area contributed by atoms with Gasteiger partial charge in [0.1, 0.15) is 11.4 Å². The van der Waals surface area contributed by atoms with Crippen LogP contribution in [0.15, 0.2) is 24.3 Å². The first-order chi connectivity index (χ1) is 19.0. The molecule has 1 saturated carbocycles. The molecule has 0 bridgehead atoms. The molecule has 0 amide bonds. The molecule has 0 radical (unpaired) electrons. The topological polar surface area (TPSA) is 88.8 Å². The lowest BCUT2D eigenvalue weighted by molar-refractivity contribution is -0.274. The van der Waals surface area contributed by atoms with E-state index in [4.69, 9.17) is 9.84 Å². The minimum Gasteiger partial charge on any atom is -0.487 e. The first kappa shape index (κ1) is 28.3. The molecule has 1 aliphatic carbocycles. The Balaban J connectivity index is 0.00000158. The zero-order chi connectivity index (χ0) is 28.7. The van der Waals surface area contributed by atoms with E-state index in [2.05, 4.69) is 44.3 Å². The van der Waals surface area contributed by atoms with Crippen LogP contribution in [-0.4, -0.2) is 65.5 Å². The summed E-state index contributed by atoms with van der Waals surface area (Å²) in [4.78, 5) is 2.14. The molecular weight excluding hydrogens is 523 g/mol. The van der Waals surface area contributed by atoms with Crippen LogP contribution in [0, 0.1) is 10.8 Å². The van der Waals surface area contributed by atoms with Gasteiger partial charge in [-0.15, -0.1) is 28.5 Å². The van der Waals surface area contributed by atoms with E-state index < -0.39 is 6.36 Å². The first-order valence-corrected chi connectivity index (χ1v) is 14.0. The van der Waals surface area contributed by atoms with E-state index in [-0.39, 0.29) is 17.2 Å². The van der Waals surface area contributed by atoms with E-state index >= 15 is 0 Å². The van der Waals surface area contributed by atoms with Crippen LogP contribution in [0.3, 0.4) is 0 Å². The van der Waals surface area contributed by atoms with E-state index in [1.54, 1.807) is 10.6 Å². The molecule has 2 aliphatic heterocycles. The third-order valence-electron chi connectivity index (χ3n) is 7.83. The van der Waals surface area contributed by atoms with Gasteiger partial charge in [0, 0.05) is 30.6 Å². The van der Waals surface area contributed by atoms with Crippen LogP contribution in [0.1, 0.15) is 53.4 Å². The van der Waals surface area contributed by atoms with Crippen molar-refractivity contribution in [2.45, 2.75) is 65.8 Å². The molecule has 3 aromatic rings. The van der Waals surface area contributed by atoms with Crippen molar-refractivity contribution in [1.29, 1.82) is 0 Å². The Bertz CT molecular complexity index is 1340. The number of ether oxygens (including phenoxy) is 2. The average Bonchev–Trinajstić information content (AvgIpc) is 3.25. The zero-order valence-electron chi connectivity index (χ0n) is 23.7. The molecule has 0 unspecified atom stereocenters. The Kier molecular flexibility index (Phi) is 7.49. The van der Waals surface area contributed by atoms with Gasteiger partial charge in [0.15, 0.2) is 17.4 Å². The van der Waals surface area contributed by atoms with Gasteiger partial charge in [-0.25, -0.2) is 0 Å². The molecule has 12 heteroatoms. The smallest absolute Gasteiger partial charge is 0.487 e. The number of fused-ring (bicyclic) bond motifs is 3. The summed E-state index contributed by atoms with van der Waals surface area (Å²) in [5, 5.41) is 20.7. The molecule has 218 valence electrons. The van der Waals surface area contributed by atoms with Gasteiger partial charge < -0.3 is 25.0 Å². The largest absolute Gasteiger partial charge is 0.573 e. The quantitative estimate of drug-likeness (QED) is 0.431. The highest BCUT2D eigenvalue weighted by molar-refractivity contribution is 5.82. The lowest BCUT2D eigenvalue weighted by Crippen LogP contribution is -2.50. The van der Waals surface area contributed by atoms with Crippen LogP contribution >= 0.6 is 0 Å². The number of rotatable bonds is 4. The molecule has 9 nitrogen and oxygen atoms in total. The van der Waals surface area contributed by atoms with E-state index in [0.29, 0.717) is 40.6 Å². The molecule has 40 heavy (non-hydrogen) atoms. The minimum absolute atomic E-state index is 0.121. The van der Waals surface area contributed by atoms with Gasteiger partial charge in [0.25, 0.3) is 0 Å². The fourth-order valence-electron chi connectivity index (χ4n) is 6.15. The monoisotopic (exact) mass is 561 g/mol. The van der Waals surface area contributed by atoms with Crippen molar-refractivity contribution in [2.75, 3.05) is 43.5 Å². The van der Waals surface area contributed by atoms with Crippen LogP contribution in [0.5, 0.6) is 11.5 Å². The first-order valence-electron chi connectivity index (χ1n) is 14.0. The van der Waals surface area contributed by atoms with E-state index in [9.17, 15) is 13.2 Å². The van der Waals surface area contributed by atoms with Crippen molar-refractivity contribution < 1.29 is 22.6 Å². The molecule has 2 N–H and O–H groups in total. The molecule has 0 atom stereocenters. The fraction of sp³-hybridized carbons (Fsp3) is 0.607. The summed E-state index contributed by atoms with van der Waals surface area (Å²) in [6.45, 7) is 11.6. The van der Waals surface area contributed by atoms with Crippen LogP contribution in [0.4, 0.5) is 24.7 Å². The fourth-order valence-corrected chi connectivity index (χ4v) is 6.15. The zero-order valence-corrected chi connectivity index (χ0v) is 23.7. The molecule has 2 fully saturated rings. The van der Waals surface area contributed by atoms with E-state index in [1.165, 1.54) is 31.0 Å². The highest BCUT2D eigenvalue weighted by Gasteiger charge is 2.45. The highest BCUT2D eigenvalue weighted by atomic mass is 19.4. The molecule has 6 rings (SSSR count). The van der Waals surface area contributed by atoms with Gasteiger partial charge in [0.2, 0.25) is 5.65 Å². The van der Waals surface area contributed by atoms with Crippen LogP contribution < -0.4 is 25.0 Å². The minimum atomic E-state index is -4.79. The number of hydrogen-bond acceptors (Lipinski definition) is 8. The van der Waals surface area contributed by atoms with Gasteiger partial charge in [-0.05, 0) is 56.3 Å². The van der Waals surface area contributed by atoms with Gasteiger partial charge in [-0.2, -0.15) is 4.52 Å². The predicted molar refractivity (Wildman–Crippen MR) is 148 cm³/mol. The maximum Gasteiger partial charge on any atom is 0.573 e. The van der Waals surface area contributed by atoms with Crippen molar-refractivity contribution >= 4 is 17.2 Å². The number of anilines is 2. The summed E-state index contributed by atoms with van der Waals surface area (Å²) >= 11 is 0. The van der Waals surface area contributed by atoms with E-state index in [1.807, 2.05) is 20.9 Å². The second-order valence-electron chi connectivity index (χ2n) is 11.7. The molecular formula is C28H38F3N7O2. The number of aromatic nitrogens is 4. The second kappa shape index (κ2) is 10.6. The highest BCUT2D eigenvalue weighted by Crippen LogP contribution is 2.50. The summed E-state index contributed by atoms with van der Waals surface area (Å²) in [7, 11) is 2.02. The Morgan fingerprint density at radius 1 is 1.12 bits per heavy atom. The van der Waals surface area contributed by atoms with Gasteiger partial charge in [-0.1, -0.05) is 39.8 Å². The summed E-state index contributed by atoms with van der Waals surface area (Å²) in [6, 6.07) is 5.95. The lowest BCUT2D eigenvalue weighted by Gasteiger charge is -2.50. The summed E-state index contributed by atoms with van der Waals surface area (Å²) in [6.07, 6.45) is -0.286. The van der Waals surface area contributed by atoms with E-state index in [0.717, 1.165) is 38.2 Å². The maximum absolute atomic E-state index is 12.8. The predicted octanol–water partition coefficient (Wildman–Crippen LogP) is 5.52. The van der Waals surface area contributed by atoms with Crippen LogP contribution in [0.2, 0.25) is 0 Å². The van der Waals surface area contributed by atoms with Crippen LogP contribution in [-0.2, 0) is 0 Å². The van der Waals surface area contributed by atoms with Crippen molar-refractivity contribution in [3.8, 4) is 22.9 Å². The van der Waals surface area contributed by atoms with Gasteiger partial charge in [0.05, 0.1) is 6.61 Å². The Morgan fingerprint density at radius 3 is 2.55 bits per heavy atom. The second-order valence-corrected chi connectivity index (χ2v) is 11.7. The molecule has 4 heterocycles. The van der Waals surface area contributed by atoms with Crippen molar-refractivity contribution in [2.24, 2.45) is 10.8 Å². The molecule has 1 spiro atoms. The summed E-state index contributed by atoms with van der Waals surface area (Å²) < 4.78 is 50.5. The third-order valence-corrected chi connectivity index (χ3v) is 7.83. The number of piperidine rings is 1. The SMILES string of the molecule is CC.CN1CC(C)(C)COc2c1c(NC1CC3(CCNCC3)C1)nn1c(-c3cccc(OC(F)(F)F)c3)nnc21. The number of nitrogens with one attached hydrogen (secondary N) is 2. The number of nitrogens with zero attached hydrogens (tertiary/aromatic N) is 5. The summed E-state index contributed by atoms with van der Waals surface area (Å²) in [5.41, 5.74) is 1.90. The Morgan fingerprint density at radius 2 is 1.85 bits per heavy atom. The summed E-state index contributed by atoms with van der Waals surface area (Å²) in [5.74, 6) is 1.19. The number of alkyl halides is 3. The maximum atomic E-state index is 12.8. The van der Waals surface area contributed by atoms with Gasteiger partial charge >= 0.3 is 6.36 Å². The van der Waals surface area contributed by atoms with Crippen molar-refractivity contribution in [1.82, 2.24) is 25.1 Å².